The number of likely N-dealkylation sites (N-methyl/N-ethyl adjacent to an activating group) is 1. The van der Waals surface area contributed by atoms with Crippen LogP contribution in [0, 0.1) is 5.92 Å². The van der Waals surface area contributed by atoms with Gasteiger partial charge < -0.3 is 15.0 Å². The number of hydrogen-bond acceptors (Lipinski definition) is 3. The molecule has 4 nitrogen and oxygen atoms in total. The lowest BCUT2D eigenvalue weighted by molar-refractivity contribution is 0.0953. The molecule has 0 spiro atoms. The highest BCUT2D eigenvalue weighted by Gasteiger charge is 2.25. The van der Waals surface area contributed by atoms with E-state index in [0.717, 1.165) is 41.7 Å². The molecule has 0 fully saturated rings. The van der Waals surface area contributed by atoms with E-state index in [4.69, 9.17) is 0 Å². The number of carbonyl (C=O) groups excluding carboxylic acids is 1. The highest BCUT2D eigenvalue weighted by Crippen LogP contribution is 2.29. The first-order valence-electron chi connectivity index (χ1n) is 8.71. The molecule has 0 aliphatic carbocycles. The van der Waals surface area contributed by atoms with Crippen molar-refractivity contribution >= 4 is 16.7 Å². The van der Waals surface area contributed by atoms with E-state index in [0.29, 0.717) is 12.8 Å². The van der Waals surface area contributed by atoms with Gasteiger partial charge in [-0.3, -0.25) is 4.79 Å². The van der Waals surface area contributed by atoms with Crippen LogP contribution in [-0.4, -0.2) is 47.5 Å². The minimum Gasteiger partial charge on any atom is -0.396 e. The zero-order valence-corrected chi connectivity index (χ0v) is 14.5. The van der Waals surface area contributed by atoms with E-state index in [2.05, 4.69) is 29.1 Å². The third-order valence-electron chi connectivity index (χ3n) is 5.09. The Hall–Kier alpha value is -1.91. The average Bonchev–Trinajstić information content (AvgIpc) is 2.96. The van der Waals surface area contributed by atoms with E-state index in [1.807, 2.05) is 25.1 Å². The molecule has 0 saturated carbocycles. The number of para-hydroxylation sites is 1. The second-order valence-electron chi connectivity index (χ2n) is 6.71. The van der Waals surface area contributed by atoms with Crippen molar-refractivity contribution in [1.29, 1.82) is 0 Å². The number of carbonyl (C=O) groups is 1. The molecule has 1 aromatic heterocycles. The fraction of sp³-hybridized carbons (Fsp3) is 0.450. The topological polar surface area (TPSA) is 56.3 Å². The number of aliphatic hydroxyl groups is 1. The number of Topliss-reactive ketones (excluding diaryl/α,β-unsaturated/α-hetero) is 1. The molecule has 1 atom stereocenters. The van der Waals surface area contributed by atoms with Gasteiger partial charge in [0.15, 0.2) is 5.78 Å². The summed E-state index contributed by atoms with van der Waals surface area (Å²) in [6.45, 7) is 3.90. The third kappa shape index (κ3) is 3.30. The lowest BCUT2D eigenvalue weighted by Crippen LogP contribution is -2.29. The number of nitrogens with zero attached hydrogens (tertiary/aromatic N) is 1. The summed E-state index contributed by atoms with van der Waals surface area (Å²) >= 11 is 0. The molecule has 1 aliphatic rings. The van der Waals surface area contributed by atoms with Crippen molar-refractivity contribution in [3.8, 4) is 0 Å². The number of H-pyrrole nitrogens is 1. The van der Waals surface area contributed by atoms with Gasteiger partial charge in [0, 0.05) is 37.0 Å². The third-order valence-corrected chi connectivity index (χ3v) is 5.09. The number of aromatic amines is 1. The first-order valence-corrected chi connectivity index (χ1v) is 8.71. The number of benzene rings is 1. The number of ketones is 1. The SMILES string of the molecule is C/C=C1/CN(C)CCc2c([nH]c3ccccc23)C(=O)CC1CCO. The lowest BCUT2D eigenvalue weighted by atomic mass is 9.87. The molecule has 0 amide bonds. The van der Waals surface area contributed by atoms with Crippen LogP contribution < -0.4 is 0 Å². The monoisotopic (exact) mass is 326 g/mol. The number of hydrogen-bond donors (Lipinski definition) is 2. The zero-order chi connectivity index (χ0) is 17.1. The van der Waals surface area contributed by atoms with E-state index in [-0.39, 0.29) is 18.3 Å². The number of nitrogens with one attached hydrogen (secondary N) is 1. The molecule has 0 radical (unpaired) electrons. The predicted molar refractivity (Wildman–Crippen MR) is 97.4 cm³/mol. The van der Waals surface area contributed by atoms with Crippen LogP contribution in [0.4, 0.5) is 0 Å². The van der Waals surface area contributed by atoms with Crippen LogP contribution in [0.15, 0.2) is 35.9 Å². The van der Waals surface area contributed by atoms with Gasteiger partial charge in [0.05, 0.1) is 5.69 Å². The minimum absolute atomic E-state index is 0.104. The van der Waals surface area contributed by atoms with Crippen LogP contribution in [0.5, 0.6) is 0 Å². The van der Waals surface area contributed by atoms with Crippen molar-refractivity contribution in [3.05, 3.63) is 47.2 Å². The molecule has 1 unspecified atom stereocenters. The second-order valence-corrected chi connectivity index (χ2v) is 6.71. The predicted octanol–water partition coefficient (Wildman–Crippen LogP) is 3.17. The number of fused-ring (bicyclic) bond motifs is 3. The summed E-state index contributed by atoms with van der Waals surface area (Å²) in [6, 6.07) is 8.14. The summed E-state index contributed by atoms with van der Waals surface area (Å²) in [5.74, 6) is 0.260. The van der Waals surface area contributed by atoms with Gasteiger partial charge in [-0.05, 0) is 44.4 Å². The van der Waals surface area contributed by atoms with Crippen molar-refractivity contribution < 1.29 is 9.90 Å². The van der Waals surface area contributed by atoms with E-state index in [1.54, 1.807) is 0 Å². The summed E-state index contributed by atoms with van der Waals surface area (Å²) in [6.07, 6.45) is 4.06. The first kappa shape index (κ1) is 16.9. The highest BCUT2D eigenvalue weighted by atomic mass is 16.3. The first-order chi connectivity index (χ1) is 11.6. The zero-order valence-electron chi connectivity index (χ0n) is 14.5. The highest BCUT2D eigenvalue weighted by molar-refractivity contribution is 6.02. The molecule has 3 rings (SSSR count). The van der Waals surface area contributed by atoms with Gasteiger partial charge in [-0.2, -0.15) is 0 Å². The molecule has 2 N–H and O–H groups in total. The summed E-state index contributed by atoms with van der Waals surface area (Å²) in [5, 5.41) is 10.6. The molecule has 2 aromatic rings. The Morgan fingerprint density at radius 3 is 2.92 bits per heavy atom. The maximum Gasteiger partial charge on any atom is 0.179 e. The van der Waals surface area contributed by atoms with Crippen LogP contribution in [0.1, 0.15) is 35.8 Å². The number of rotatable bonds is 2. The quantitative estimate of drug-likeness (QED) is 0.834. The van der Waals surface area contributed by atoms with Gasteiger partial charge >= 0.3 is 0 Å². The minimum atomic E-state index is 0.104. The van der Waals surface area contributed by atoms with Crippen molar-refractivity contribution in [2.24, 2.45) is 5.92 Å². The van der Waals surface area contributed by atoms with Gasteiger partial charge in [0.1, 0.15) is 0 Å². The van der Waals surface area contributed by atoms with Crippen LogP contribution >= 0.6 is 0 Å². The Balaban J connectivity index is 2.04. The molecule has 128 valence electrons. The maximum atomic E-state index is 13.0. The molecule has 2 heterocycles. The molecular weight excluding hydrogens is 300 g/mol. The van der Waals surface area contributed by atoms with Gasteiger partial charge in [0.25, 0.3) is 0 Å². The fourth-order valence-corrected chi connectivity index (χ4v) is 3.75. The van der Waals surface area contributed by atoms with Gasteiger partial charge in [0.2, 0.25) is 0 Å². The normalized spacial score (nSPS) is 22.0. The van der Waals surface area contributed by atoms with Crippen molar-refractivity contribution in [1.82, 2.24) is 9.88 Å². The van der Waals surface area contributed by atoms with Gasteiger partial charge in [-0.1, -0.05) is 29.8 Å². The van der Waals surface area contributed by atoms with Crippen LogP contribution in [0.3, 0.4) is 0 Å². The molecule has 1 aromatic carbocycles. The molecule has 0 saturated heterocycles. The summed E-state index contributed by atoms with van der Waals surface area (Å²) < 4.78 is 0. The molecule has 4 heteroatoms. The smallest absolute Gasteiger partial charge is 0.179 e. The van der Waals surface area contributed by atoms with Gasteiger partial charge in [-0.15, -0.1) is 0 Å². The van der Waals surface area contributed by atoms with E-state index >= 15 is 0 Å². The standard InChI is InChI=1S/C20H26N2O2/c1-3-14-13-22(2)10-8-17-16-6-4-5-7-18(16)21-20(17)19(24)12-15(14)9-11-23/h3-7,15,21,23H,8-13H2,1-2H3/b14-3-. The van der Waals surface area contributed by atoms with Gasteiger partial charge in [-0.25, -0.2) is 0 Å². The number of aromatic nitrogens is 1. The fourth-order valence-electron chi connectivity index (χ4n) is 3.75. The second kappa shape index (κ2) is 7.32. The van der Waals surface area contributed by atoms with E-state index < -0.39 is 0 Å². The van der Waals surface area contributed by atoms with E-state index in [9.17, 15) is 9.90 Å². The van der Waals surface area contributed by atoms with Crippen LogP contribution in [-0.2, 0) is 6.42 Å². The number of aliphatic hydroxyl groups excluding tert-OH is 1. The maximum absolute atomic E-state index is 13.0. The van der Waals surface area contributed by atoms with E-state index in [1.165, 1.54) is 5.57 Å². The molecular formula is C20H26N2O2. The molecule has 24 heavy (non-hydrogen) atoms. The Labute approximate surface area is 143 Å². The Morgan fingerprint density at radius 1 is 1.38 bits per heavy atom. The Kier molecular flexibility index (Phi) is 5.17. The largest absolute Gasteiger partial charge is 0.396 e. The van der Waals surface area contributed by atoms with Crippen molar-refractivity contribution in [2.45, 2.75) is 26.2 Å². The van der Waals surface area contributed by atoms with Crippen molar-refractivity contribution in [3.63, 3.8) is 0 Å². The van der Waals surface area contributed by atoms with Crippen LogP contribution in [0.25, 0.3) is 10.9 Å². The summed E-state index contributed by atoms with van der Waals surface area (Å²) in [4.78, 5) is 18.6. The van der Waals surface area contributed by atoms with Crippen LogP contribution in [0.2, 0.25) is 0 Å². The van der Waals surface area contributed by atoms with Crippen molar-refractivity contribution in [2.75, 3.05) is 26.7 Å². The Bertz CT molecular complexity index is 760. The lowest BCUT2D eigenvalue weighted by Gasteiger charge is -2.26. The molecule has 1 aliphatic heterocycles. The summed E-state index contributed by atoms with van der Waals surface area (Å²) in [5.41, 5.74) is 4.17. The summed E-state index contributed by atoms with van der Waals surface area (Å²) in [7, 11) is 2.12. The Morgan fingerprint density at radius 2 is 2.17 bits per heavy atom. The average molecular weight is 326 g/mol. The molecule has 0 bridgehead atoms. The number of allylic oxidation sites excluding steroid dienone is 1.